The van der Waals surface area contributed by atoms with Crippen molar-refractivity contribution in [2.75, 3.05) is 0 Å². The highest BCUT2D eigenvalue weighted by Gasteiger charge is 2.08. The molecule has 228 valence electrons. The molecule has 0 unspecified atom stereocenters. The molecule has 4 aromatic heterocycles. The van der Waals surface area contributed by atoms with Gasteiger partial charge < -0.3 is 19.9 Å². The van der Waals surface area contributed by atoms with Gasteiger partial charge in [0.05, 0.1) is 45.6 Å². The predicted molar refractivity (Wildman–Crippen MR) is 198 cm³/mol. The minimum Gasteiger partial charge on any atom is -0.355 e. The Labute approximate surface area is 274 Å². The standard InChI is InChI=1S/C40H28N8/c1-2-26-18-28-5-6-30(43-28)20-32-9-10-34(45-32)22-36-13-14-38(47-36)24-40-16-15-39(48-40)23-37-12-11-35(46-37)21-33-8-7-31(44-33)19-29-4-3-27(42-29)17-25(1)41-26/h1-24,41,44-45,48H. The molecule has 9 rings (SSSR count). The molecule has 4 N–H and O–H groups in total. The van der Waals surface area contributed by atoms with Crippen molar-refractivity contribution >= 4 is 71.5 Å². The maximum atomic E-state index is 4.78. The predicted octanol–water partition coefficient (Wildman–Crippen LogP) is 4.64. The molecule has 16 bridgehead atoms. The summed E-state index contributed by atoms with van der Waals surface area (Å²) in [6, 6.07) is 16.4. The van der Waals surface area contributed by atoms with Crippen molar-refractivity contribution in [2.45, 2.75) is 0 Å². The van der Waals surface area contributed by atoms with E-state index in [0.29, 0.717) is 0 Å². The summed E-state index contributed by atoms with van der Waals surface area (Å²) in [4.78, 5) is 32.9. The zero-order chi connectivity index (χ0) is 31.9. The van der Waals surface area contributed by atoms with Crippen molar-refractivity contribution in [3.05, 3.63) is 164 Å². The Balaban J connectivity index is 1.07. The number of aliphatic imine (C=N–C) groups is 4. The van der Waals surface area contributed by atoms with Crippen molar-refractivity contribution in [3.8, 4) is 0 Å². The van der Waals surface area contributed by atoms with Gasteiger partial charge in [-0.2, -0.15) is 0 Å². The third-order valence-electron chi connectivity index (χ3n) is 8.08. The van der Waals surface area contributed by atoms with Gasteiger partial charge in [0.25, 0.3) is 0 Å². The second-order valence-electron chi connectivity index (χ2n) is 11.8. The average molecular weight is 621 g/mol. The van der Waals surface area contributed by atoms with Crippen molar-refractivity contribution in [2.24, 2.45) is 20.0 Å². The molecule has 0 saturated carbocycles. The van der Waals surface area contributed by atoms with Gasteiger partial charge in [-0.1, -0.05) is 0 Å². The summed E-state index contributed by atoms with van der Waals surface area (Å²) in [5.41, 5.74) is 11.0. The van der Waals surface area contributed by atoms with Crippen LogP contribution in [0.4, 0.5) is 0 Å². The van der Waals surface area contributed by atoms with Crippen LogP contribution in [-0.2, 0) is 0 Å². The Kier molecular flexibility index (Phi) is 6.61. The van der Waals surface area contributed by atoms with Crippen LogP contribution in [0.25, 0.3) is 48.6 Å². The molecule has 4 aromatic rings. The Hall–Kier alpha value is -6.80. The summed E-state index contributed by atoms with van der Waals surface area (Å²) in [6.45, 7) is 0. The van der Waals surface area contributed by atoms with Gasteiger partial charge in [0.15, 0.2) is 0 Å². The molecular weight excluding hydrogens is 592 g/mol. The molecule has 0 aromatic carbocycles. The van der Waals surface area contributed by atoms with Gasteiger partial charge in [-0.15, -0.1) is 0 Å². The second-order valence-corrected chi connectivity index (χ2v) is 11.8. The lowest BCUT2D eigenvalue weighted by atomic mass is 10.3. The fraction of sp³-hybridized carbons (Fsp3) is 0. The molecular formula is C40H28N8. The van der Waals surface area contributed by atoms with Crippen molar-refractivity contribution in [3.63, 3.8) is 0 Å². The van der Waals surface area contributed by atoms with E-state index in [2.05, 4.69) is 19.9 Å². The van der Waals surface area contributed by atoms with E-state index in [1.165, 1.54) is 0 Å². The summed E-state index contributed by atoms with van der Waals surface area (Å²) < 4.78 is 0. The van der Waals surface area contributed by atoms with E-state index in [1.54, 1.807) is 0 Å². The lowest BCUT2D eigenvalue weighted by Gasteiger charge is -1.92. The van der Waals surface area contributed by atoms with Crippen LogP contribution in [0.3, 0.4) is 0 Å². The fourth-order valence-electron chi connectivity index (χ4n) is 5.89. The van der Waals surface area contributed by atoms with Gasteiger partial charge in [0.1, 0.15) is 0 Å². The van der Waals surface area contributed by atoms with E-state index in [1.807, 2.05) is 146 Å². The van der Waals surface area contributed by atoms with Crippen LogP contribution in [0.15, 0.2) is 140 Å². The van der Waals surface area contributed by atoms with E-state index < -0.39 is 0 Å². The first kappa shape index (κ1) is 27.5. The molecule has 0 saturated heterocycles. The second kappa shape index (κ2) is 11.5. The number of aromatic amines is 4. The topological polar surface area (TPSA) is 113 Å². The van der Waals surface area contributed by atoms with Crippen LogP contribution in [0.5, 0.6) is 0 Å². The zero-order valence-corrected chi connectivity index (χ0v) is 25.6. The minimum atomic E-state index is 0.885. The number of nitrogens with zero attached hydrogens (tertiary/aromatic N) is 4. The highest BCUT2D eigenvalue weighted by atomic mass is 14.8. The first-order valence-corrected chi connectivity index (χ1v) is 15.7. The number of fused-ring (bicyclic) bond motifs is 12. The summed E-state index contributed by atoms with van der Waals surface area (Å²) in [7, 11) is 0. The summed E-state index contributed by atoms with van der Waals surface area (Å²) >= 11 is 0. The molecule has 0 amide bonds. The number of hydrogen-bond donors (Lipinski definition) is 4. The Morgan fingerprint density at radius 2 is 0.542 bits per heavy atom. The number of allylic oxidation sites excluding steroid dienone is 8. The molecule has 8 nitrogen and oxygen atoms in total. The Morgan fingerprint density at radius 1 is 0.271 bits per heavy atom. The number of nitrogens with one attached hydrogen (secondary N) is 4. The zero-order valence-electron chi connectivity index (χ0n) is 25.6. The van der Waals surface area contributed by atoms with Gasteiger partial charge in [0.2, 0.25) is 0 Å². The van der Waals surface area contributed by atoms with Crippen LogP contribution >= 0.6 is 0 Å². The SMILES string of the molecule is C1=CC2=NC1=Cc1ccc([nH]1)C=C1C=CC(=N1)C=c1ccc([nH]1)=CC1=NC(=Cc3ccc([nH]3)C=C3C=CC(=N3)C=c3ccc([nH]3)=C2)C=C1. The molecule has 0 spiro atoms. The quantitative estimate of drug-likeness (QED) is 0.220. The highest BCUT2D eigenvalue weighted by Crippen LogP contribution is 2.19. The van der Waals surface area contributed by atoms with Crippen LogP contribution < -0.4 is 21.4 Å². The Bertz CT molecular complexity index is 2290. The Morgan fingerprint density at radius 3 is 0.812 bits per heavy atom. The number of hydrogen-bond acceptors (Lipinski definition) is 4. The molecule has 0 fully saturated rings. The number of aromatic nitrogens is 4. The van der Waals surface area contributed by atoms with Gasteiger partial charge >= 0.3 is 0 Å². The molecule has 48 heavy (non-hydrogen) atoms. The van der Waals surface area contributed by atoms with Gasteiger partial charge in [-0.25, -0.2) is 20.0 Å². The molecule has 5 aliphatic heterocycles. The van der Waals surface area contributed by atoms with E-state index in [9.17, 15) is 0 Å². The van der Waals surface area contributed by atoms with Crippen molar-refractivity contribution < 1.29 is 0 Å². The summed E-state index contributed by atoms with van der Waals surface area (Å²) in [6.07, 6.45) is 32.5. The van der Waals surface area contributed by atoms with Crippen molar-refractivity contribution in [1.82, 2.24) is 19.9 Å². The number of rotatable bonds is 0. The van der Waals surface area contributed by atoms with Crippen LogP contribution in [0, 0.1) is 0 Å². The normalized spacial score (nSPS) is 17.7. The lowest BCUT2D eigenvalue weighted by Crippen LogP contribution is -2.12. The maximum absolute atomic E-state index is 4.78. The van der Waals surface area contributed by atoms with E-state index in [-0.39, 0.29) is 0 Å². The monoisotopic (exact) mass is 620 g/mol. The molecule has 8 heteroatoms. The molecule has 9 heterocycles. The molecule has 0 aliphatic carbocycles. The molecule has 0 atom stereocenters. The van der Waals surface area contributed by atoms with E-state index in [0.717, 1.165) is 89.8 Å². The highest BCUT2D eigenvalue weighted by molar-refractivity contribution is 6.21. The summed E-state index contributed by atoms with van der Waals surface area (Å²) in [5.74, 6) is 0. The largest absolute Gasteiger partial charge is 0.355 e. The van der Waals surface area contributed by atoms with E-state index in [4.69, 9.17) is 20.0 Å². The average Bonchev–Trinajstić information content (AvgIpc) is 3.90. The minimum absolute atomic E-state index is 0.885. The smallest absolute Gasteiger partial charge is 0.0658 e. The van der Waals surface area contributed by atoms with Gasteiger partial charge in [0, 0.05) is 44.2 Å². The van der Waals surface area contributed by atoms with Crippen LogP contribution in [-0.4, -0.2) is 42.8 Å². The van der Waals surface area contributed by atoms with E-state index >= 15 is 0 Å². The van der Waals surface area contributed by atoms with Gasteiger partial charge in [-0.3, -0.25) is 0 Å². The van der Waals surface area contributed by atoms with Crippen molar-refractivity contribution in [1.29, 1.82) is 0 Å². The third-order valence-corrected chi connectivity index (χ3v) is 8.08. The maximum Gasteiger partial charge on any atom is 0.0658 e. The third kappa shape index (κ3) is 6.05. The first-order valence-electron chi connectivity index (χ1n) is 15.7. The number of H-pyrrole nitrogens is 4. The summed E-state index contributed by atoms with van der Waals surface area (Å²) in [5, 5.41) is 3.90. The first-order chi connectivity index (χ1) is 23.6. The molecule has 5 aliphatic rings. The van der Waals surface area contributed by atoms with Crippen LogP contribution in [0.2, 0.25) is 0 Å². The molecule has 0 radical (unpaired) electrons. The van der Waals surface area contributed by atoms with Crippen LogP contribution in [0.1, 0.15) is 22.8 Å². The fourth-order valence-corrected chi connectivity index (χ4v) is 5.89. The lowest BCUT2D eigenvalue weighted by molar-refractivity contribution is 1.28. The van der Waals surface area contributed by atoms with Gasteiger partial charge in [-0.05, 0) is 146 Å².